The molecule has 0 unspecified atom stereocenters. The molecule has 0 atom stereocenters. The molecular weight excluding hydrogens is 228 g/mol. The summed E-state index contributed by atoms with van der Waals surface area (Å²) >= 11 is 0. The van der Waals surface area contributed by atoms with Gasteiger partial charge in [0.2, 0.25) is 5.95 Å². The predicted octanol–water partition coefficient (Wildman–Crippen LogP) is 1.62. The maximum absolute atomic E-state index is 5.36. The van der Waals surface area contributed by atoms with Crippen molar-refractivity contribution in [2.75, 3.05) is 43.1 Å². The van der Waals surface area contributed by atoms with Crippen LogP contribution < -0.4 is 10.2 Å². The molecule has 0 radical (unpaired) electrons. The number of ether oxygens (including phenoxy) is 1. The fraction of sp³-hybridized carbons (Fsp3) is 0.692. The first kappa shape index (κ1) is 13.1. The number of nitrogens with zero attached hydrogens (tertiary/aromatic N) is 3. The Morgan fingerprint density at radius 2 is 1.94 bits per heavy atom. The molecule has 1 aliphatic heterocycles. The van der Waals surface area contributed by atoms with Gasteiger partial charge in [0, 0.05) is 30.9 Å². The lowest BCUT2D eigenvalue weighted by Gasteiger charge is -2.27. The second kappa shape index (κ2) is 6.00. The molecule has 1 aromatic heterocycles. The van der Waals surface area contributed by atoms with Gasteiger partial charge in [-0.3, -0.25) is 0 Å². The quantitative estimate of drug-likeness (QED) is 0.880. The van der Waals surface area contributed by atoms with Crippen molar-refractivity contribution in [3.8, 4) is 0 Å². The van der Waals surface area contributed by atoms with Gasteiger partial charge in [0.05, 0.1) is 13.2 Å². The Bertz CT molecular complexity index is 402. The van der Waals surface area contributed by atoms with Crippen molar-refractivity contribution in [2.24, 2.45) is 0 Å². The molecule has 2 heterocycles. The van der Waals surface area contributed by atoms with Crippen molar-refractivity contribution in [3.05, 3.63) is 11.3 Å². The molecule has 2 rings (SSSR count). The smallest absolute Gasteiger partial charge is 0.227 e. The van der Waals surface area contributed by atoms with Gasteiger partial charge in [0.1, 0.15) is 5.82 Å². The van der Waals surface area contributed by atoms with Crippen LogP contribution in [0.3, 0.4) is 0 Å². The van der Waals surface area contributed by atoms with E-state index in [4.69, 9.17) is 4.74 Å². The molecule has 0 bridgehead atoms. The van der Waals surface area contributed by atoms with Crippen LogP contribution in [0.4, 0.5) is 11.8 Å². The molecule has 1 saturated heterocycles. The standard InChI is InChI=1S/C13H22N4O/c1-4-11-10(3)15-13(16-12(11)14-5-2)17-6-8-18-9-7-17/h4-9H2,1-3H3,(H,14,15,16). The van der Waals surface area contributed by atoms with Crippen molar-refractivity contribution in [2.45, 2.75) is 27.2 Å². The second-order valence-corrected chi connectivity index (χ2v) is 4.42. The molecule has 1 fully saturated rings. The van der Waals surface area contributed by atoms with Gasteiger partial charge in [-0.2, -0.15) is 4.98 Å². The molecule has 1 N–H and O–H groups in total. The van der Waals surface area contributed by atoms with Crippen molar-refractivity contribution in [1.29, 1.82) is 0 Å². The monoisotopic (exact) mass is 250 g/mol. The summed E-state index contributed by atoms with van der Waals surface area (Å²) in [6, 6.07) is 0. The average Bonchev–Trinajstić information content (AvgIpc) is 2.40. The molecule has 1 aromatic rings. The number of morpholine rings is 1. The molecule has 5 nitrogen and oxygen atoms in total. The number of aryl methyl sites for hydroxylation is 1. The minimum atomic E-state index is 0.758. The largest absolute Gasteiger partial charge is 0.378 e. The van der Waals surface area contributed by atoms with E-state index in [1.165, 1.54) is 5.56 Å². The van der Waals surface area contributed by atoms with E-state index in [0.29, 0.717) is 0 Å². The molecular formula is C13H22N4O. The fourth-order valence-corrected chi connectivity index (χ4v) is 2.22. The molecule has 100 valence electrons. The van der Waals surface area contributed by atoms with Crippen LogP contribution in [0, 0.1) is 6.92 Å². The number of aromatic nitrogens is 2. The summed E-state index contributed by atoms with van der Waals surface area (Å²) in [5.74, 6) is 1.80. The third kappa shape index (κ3) is 2.72. The molecule has 0 amide bonds. The predicted molar refractivity (Wildman–Crippen MR) is 73.3 cm³/mol. The number of hydrogen-bond acceptors (Lipinski definition) is 5. The highest BCUT2D eigenvalue weighted by Crippen LogP contribution is 2.21. The van der Waals surface area contributed by atoms with Crippen LogP contribution in [0.2, 0.25) is 0 Å². The third-order valence-corrected chi connectivity index (χ3v) is 3.19. The van der Waals surface area contributed by atoms with E-state index >= 15 is 0 Å². The lowest BCUT2D eigenvalue weighted by Crippen LogP contribution is -2.37. The van der Waals surface area contributed by atoms with Gasteiger partial charge in [-0.15, -0.1) is 0 Å². The summed E-state index contributed by atoms with van der Waals surface area (Å²) in [6.45, 7) is 10.4. The maximum Gasteiger partial charge on any atom is 0.227 e. The Kier molecular flexibility index (Phi) is 4.36. The first-order valence-electron chi connectivity index (χ1n) is 6.70. The molecule has 0 saturated carbocycles. The lowest BCUT2D eigenvalue weighted by molar-refractivity contribution is 0.122. The highest BCUT2D eigenvalue weighted by atomic mass is 16.5. The summed E-state index contributed by atoms with van der Waals surface area (Å²) in [6.07, 6.45) is 0.956. The van der Waals surface area contributed by atoms with Crippen molar-refractivity contribution < 1.29 is 4.74 Å². The Morgan fingerprint density at radius 1 is 1.22 bits per heavy atom. The van der Waals surface area contributed by atoms with Crippen molar-refractivity contribution >= 4 is 11.8 Å². The Morgan fingerprint density at radius 3 is 2.56 bits per heavy atom. The van der Waals surface area contributed by atoms with Gasteiger partial charge in [-0.25, -0.2) is 4.98 Å². The Labute approximate surface area is 109 Å². The first-order valence-corrected chi connectivity index (χ1v) is 6.70. The number of hydrogen-bond donors (Lipinski definition) is 1. The highest BCUT2D eigenvalue weighted by molar-refractivity contribution is 5.51. The van der Waals surface area contributed by atoms with Crippen LogP contribution in [-0.2, 0) is 11.2 Å². The van der Waals surface area contributed by atoms with Crippen molar-refractivity contribution in [1.82, 2.24) is 9.97 Å². The normalized spacial score (nSPS) is 15.8. The topological polar surface area (TPSA) is 50.3 Å². The average molecular weight is 250 g/mol. The number of nitrogens with one attached hydrogen (secondary N) is 1. The molecule has 1 aliphatic rings. The van der Waals surface area contributed by atoms with E-state index in [1.807, 2.05) is 0 Å². The van der Waals surface area contributed by atoms with Gasteiger partial charge in [0.15, 0.2) is 0 Å². The maximum atomic E-state index is 5.36. The fourth-order valence-electron chi connectivity index (χ4n) is 2.22. The molecule has 5 heteroatoms. The van der Waals surface area contributed by atoms with Crippen LogP contribution in [0.5, 0.6) is 0 Å². The summed E-state index contributed by atoms with van der Waals surface area (Å²) in [7, 11) is 0. The Balaban J connectivity index is 2.30. The van der Waals surface area contributed by atoms with Gasteiger partial charge in [-0.1, -0.05) is 6.92 Å². The van der Waals surface area contributed by atoms with Gasteiger partial charge < -0.3 is 15.0 Å². The van der Waals surface area contributed by atoms with Crippen LogP contribution in [0.25, 0.3) is 0 Å². The number of anilines is 2. The van der Waals surface area contributed by atoms with Crippen LogP contribution in [-0.4, -0.2) is 42.8 Å². The summed E-state index contributed by atoms with van der Waals surface area (Å²) in [5.41, 5.74) is 2.29. The van der Waals surface area contributed by atoms with Crippen LogP contribution >= 0.6 is 0 Å². The number of rotatable bonds is 4. The van der Waals surface area contributed by atoms with Gasteiger partial charge in [-0.05, 0) is 20.3 Å². The van der Waals surface area contributed by atoms with Crippen LogP contribution in [0.15, 0.2) is 0 Å². The summed E-state index contributed by atoms with van der Waals surface area (Å²) in [4.78, 5) is 11.5. The molecule has 0 spiro atoms. The lowest BCUT2D eigenvalue weighted by atomic mass is 10.1. The van der Waals surface area contributed by atoms with E-state index in [9.17, 15) is 0 Å². The zero-order valence-corrected chi connectivity index (χ0v) is 11.5. The SMILES string of the molecule is CCNc1nc(N2CCOCC2)nc(C)c1CC. The van der Waals surface area contributed by atoms with E-state index in [-0.39, 0.29) is 0 Å². The van der Waals surface area contributed by atoms with E-state index in [1.54, 1.807) is 0 Å². The minimum absolute atomic E-state index is 0.758. The summed E-state index contributed by atoms with van der Waals surface area (Å²) < 4.78 is 5.36. The van der Waals surface area contributed by atoms with Gasteiger partial charge in [0.25, 0.3) is 0 Å². The summed E-state index contributed by atoms with van der Waals surface area (Å²) in [5, 5.41) is 3.34. The molecule has 0 aliphatic carbocycles. The zero-order chi connectivity index (χ0) is 13.0. The minimum Gasteiger partial charge on any atom is -0.378 e. The van der Waals surface area contributed by atoms with E-state index in [2.05, 4.69) is 41.0 Å². The zero-order valence-electron chi connectivity index (χ0n) is 11.5. The second-order valence-electron chi connectivity index (χ2n) is 4.42. The first-order chi connectivity index (χ1) is 8.76. The third-order valence-electron chi connectivity index (χ3n) is 3.19. The molecule has 18 heavy (non-hydrogen) atoms. The van der Waals surface area contributed by atoms with Crippen LogP contribution in [0.1, 0.15) is 25.1 Å². The highest BCUT2D eigenvalue weighted by Gasteiger charge is 2.17. The molecule has 0 aromatic carbocycles. The van der Waals surface area contributed by atoms with E-state index < -0.39 is 0 Å². The Hall–Kier alpha value is -1.36. The van der Waals surface area contributed by atoms with Crippen molar-refractivity contribution in [3.63, 3.8) is 0 Å². The van der Waals surface area contributed by atoms with E-state index in [0.717, 1.165) is 56.7 Å². The van der Waals surface area contributed by atoms with Gasteiger partial charge >= 0.3 is 0 Å².